The van der Waals surface area contributed by atoms with E-state index in [0.29, 0.717) is 5.69 Å². The SMILES string of the molecule is C[S+]([O-])c1ccc(N=C=O)cc1. The molecule has 0 bridgehead atoms. The Hall–Kier alpha value is -1.09. The van der Waals surface area contributed by atoms with Crippen LogP contribution in [0.3, 0.4) is 0 Å². The number of hydrogen-bond donors (Lipinski definition) is 0. The van der Waals surface area contributed by atoms with Crippen molar-refractivity contribution in [1.29, 1.82) is 0 Å². The molecule has 0 spiro atoms. The van der Waals surface area contributed by atoms with Crippen LogP contribution >= 0.6 is 0 Å². The molecular formula is C8H7NO2S. The van der Waals surface area contributed by atoms with Crippen molar-refractivity contribution in [3.63, 3.8) is 0 Å². The van der Waals surface area contributed by atoms with Gasteiger partial charge in [-0.1, -0.05) is 0 Å². The molecule has 3 nitrogen and oxygen atoms in total. The van der Waals surface area contributed by atoms with E-state index in [-0.39, 0.29) is 0 Å². The number of rotatable bonds is 2. The van der Waals surface area contributed by atoms with Crippen LogP contribution in [-0.2, 0) is 16.0 Å². The average Bonchev–Trinajstić information content (AvgIpc) is 2.06. The summed E-state index contributed by atoms with van der Waals surface area (Å²) in [7, 11) is 0. The van der Waals surface area contributed by atoms with Crippen LogP contribution in [0, 0.1) is 0 Å². The van der Waals surface area contributed by atoms with Crippen molar-refractivity contribution < 1.29 is 9.35 Å². The summed E-state index contributed by atoms with van der Waals surface area (Å²) >= 11 is -0.981. The predicted octanol–water partition coefficient (Wildman–Crippen LogP) is 1.39. The minimum Gasteiger partial charge on any atom is -0.612 e. The Bertz CT molecular complexity index is 301. The van der Waals surface area contributed by atoms with Gasteiger partial charge in [0.2, 0.25) is 6.08 Å². The Labute approximate surface area is 73.3 Å². The third kappa shape index (κ3) is 2.20. The number of benzene rings is 1. The number of aliphatic imine (C=N–C) groups is 1. The first-order valence-corrected chi connectivity index (χ1v) is 4.81. The Balaban J connectivity index is 2.92. The highest BCUT2D eigenvalue weighted by Crippen LogP contribution is 2.15. The average molecular weight is 181 g/mol. The fraction of sp³-hybridized carbons (Fsp3) is 0.125. The fourth-order valence-electron chi connectivity index (χ4n) is 0.765. The first kappa shape index (κ1) is 9.00. The fourth-order valence-corrected chi connectivity index (χ4v) is 1.28. The molecule has 62 valence electrons. The van der Waals surface area contributed by atoms with Crippen molar-refractivity contribution in [1.82, 2.24) is 0 Å². The summed E-state index contributed by atoms with van der Waals surface area (Å²) in [5.74, 6) is 0. The molecule has 0 saturated carbocycles. The first-order chi connectivity index (χ1) is 5.74. The maximum Gasteiger partial charge on any atom is 0.240 e. The zero-order valence-corrected chi connectivity index (χ0v) is 7.30. The third-order valence-corrected chi connectivity index (χ3v) is 2.28. The van der Waals surface area contributed by atoms with Gasteiger partial charge >= 0.3 is 0 Å². The van der Waals surface area contributed by atoms with Crippen LogP contribution in [0.15, 0.2) is 34.2 Å². The van der Waals surface area contributed by atoms with Gasteiger partial charge in [0.15, 0.2) is 4.90 Å². The quantitative estimate of drug-likeness (QED) is 0.393. The van der Waals surface area contributed by atoms with Crippen LogP contribution in [0.4, 0.5) is 5.69 Å². The predicted molar refractivity (Wildman–Crippen MR) is 46.6 cm³/mol. The molecule has 0 aliphatic carbocycles. The van der Waals surface area contributed by atoms with Crippen molar-refractivity contribution >= 4 is 22.9 Å². The third-order valence-electron chi connectivity index (χ3n) is 1.34. The Kier molecular flexibility index (Phi) is 3.05. The lowest BCUT2D eigenvalue weighted by atomic mass is 10.3. The summed E-state index contributed by atoms with van der Waals surface area (Å²) < 4.78 is 10.9. The van der Waals surface area contributed by atoms with Crippen molar-refractivity contribution in [2.24, 2.45) is 4.99 Å². The van der Waals surface area contributed by atoms with Crippen molar-refractivity contribution in [2.45, 2.75) is 4.90 Å². The minimum absolute atomic E-state index is 0.527. The van der Waals surface area contributed by atoms with Gasteiger partial charge in [-0.05, 0) is 35.4 Å². The summed E-state index contributed by atoms with van der Waals surface area (Å²) in [6.07, 6.45) is 3.03. The van der Waals surface area contributed by atoms with Gasteiger partial charge in [-0.3, -0.25) is 0 Å². The van der Waals surface area contributed by atoms with Crippen LogP contribution in [-0.4, -0.2) is 16.9 Å². The van der Waals surface area contributed by atoms with Gasteiger partial charge in [0.1, 0.15) is 6.26 Å². The molecule has 0 fully saturated rings. The van der Waals surface area contributed by atoms with Crippen molar-refractivity contribution in [3.8, 4) is 0 Å². The maximum absolute atomic E-state index is 10.9. The van der Waals surface area contributed by atoms with E-state index >= 15 is 0 Å². The largest absolute Gasteiger partial charge is 0.612 e. The van der Waals surface area contributed by atoms with Gasteiger partial charge in [0.05, 0.1) is 5.69 Å². The van der Waals surface area contributed by atoms with Crippen LogP contribution in [0.1, 0.15) is 0 Å². The van der Waals surface area contributed by atoms with E-state index in [1.807, 2.05) is 0 Å². The molecule has 0 radical (unpaired) electrons. The molecule has 0 saturated heterocycles. The molecule has 1 unspecified atom stereocenters. The van der Waals surface area contributed by atoms with Gasteiger partial charge in [-0.2, -0.15) is 4.99 Å². The van der Waals surface area contributed by atoms with Crippen LogP contribution < -0.4 is 0 Å². The van der Waals surface area contributed by atoms with E-state index in [0.717, 1.165) is 4.90 Å². The molecule has 0 N–H and O–H groups in total. The number of nitrogens with zero attached hydrogens (tertiary/aromatic N) is 1. The highest BCUT2D eigenvalue weighted by atomic mass is 32.2. The van der Waals surface area contributed by atoms with Crippen molar-refractivity contribution in [3.05, 3.63) is 24.3 Å². The van der Waals surface area contributed by atoms with Gasteiger partial charge in [0, 0.05) is 0 Å². The molecule has 1 aromatic carbocycles. The smallest absolute Gasteiger partial charge is 0.240 e. The van der Waals surface area contributed by atoms with Gasteiger partial charge < -0.3 is 4.55 Å². The van der Waals surface area contributed by atoms with Crippen LogP contribution in [0.25, 0.3) is 0 Å². The molecular weight excluding hydrogens is 174 g/mol. The molecule has 0 aromatic heterocycles. The zero-order valence-electron chi connectivity index (χ0n) is 6.48. The Morgan fingerprint density at radius 3 is 2.42 bits per heavy atom. The lowest BCUT2D eigenvalue weighted by Gasteiger charge is -2.02. The summed E-state index contributed by atoms with van der Waals surface area (Å²) in [6.45, 7) is 0. The van der Waals surface area contributed by atoms with E-state index in [1.165, 1.54) is 6.08 Å². The normalized spacial score (nSPS) is 11.8. The molecule has 1 aromatic rings. The van der Waals surface area contributed by atoms with E-state index in [1.54, 1.807) is 30.5 Å². The number of carbonyl (C=O) groups excluding carboxylic acids is 1. The van der Waals surface area contributed by atoms with Crippen molar-refractivity contribution in [2.75, 3.05) is 6.26 Å². The van der Waals surface area contributed by atoms with E-state index in [4.69, 9.17) is 0 Å². The van der Waals surface area contributed by atoms with Gasteiger partial charge in [0.25, 0.3) is 0 Å². The zero-order chi connectivity index (χ0) is 8.97. The van der Waals surface area contributed by atoms with Crippen LogP contribution in [0.5, 0.6) is 0 Å². The summed E-state index contributed by atoms with van der Waals surface area (Å²) in [5, 5.41) is 0. The molecule has 1 atom stereocenters. The molecule has 0 heterocycles. The Morgan fingerprint density at radius 2 is 2.00 bits per heavy atom. The monoisotopic (exact) mass is 181 g/mol. The summed E-state index contributed by atoms with van der Waals surface area (Å²) in [4.78, 5) is 14.0. The second kappa shape index (κ2) is 4.07. The first-order valence-electron chi connectivity index (χ1n) is 3.25. The molecule has 0 amide bonds. The van der Waals surface area contributed by atoms with Gasteiger partial charge in [-0.25, -0.2) is 4.79 Å². The second-order valence-corrected chi connectivity index (χ2v) is 3.53. The van der Waals surface area contributed by atoms with Crippen LogP contribution in [0.2, 0.25) is 0 Å². The molecule has 0 aliphatic heterocycles. The molecule has 0 aliphatic rings. The number of isocyanates is 1. The molecule has 12 heavy (non-hydrogen) atoms. The lowest BCUT2D eigenvalue weighted by molar-refractivity contribution is 0.565. The lowest BCUT2D eigenvalue weighted by Crippen LogP contribution is -1.95. The summed E-state index contributed by atoms with van der Waals surface area (Å²) in [6, 6.07) is 6.60. The summed E-state index contributed by atoms with van der Waals surface area (Å²) in [5.41, 5.74) is 0.527. The molecule has 1 rings (SSSR count). The van der Waals surface area contributed by atoms with E-state index < -0.39 is 11.2 Å². The van der Waals surface area contributed by atoms with E-state index in [2.05, 4.69) is 4.99 Å². The second-order valence-electron chi connectivity index (χ2n) is 2.15. The minimum atomic E-state index is -0.981. The van der Waals surface area contributed by atoms with Gasteiger partial charge in [-0.15, -0.1) is 0 Å². The standard InChI is InChI=1S/C8H7NO2S/c1-12(11)8-4-2-7(3-5-8)9-6-10/h2-5H,1H3. The topological polar surface area (TPSA) is 52.5 Å². The molecule has 4 heteroatoms. The highest BCUT2D eigenvalue weighted by molar-refractivity contribution is 7.90. The maximum atomic E-state index is 10.9. The Morgan fingerprint density at radius 1 is 1.42 bits per heavy atom. The van der Waals surface area contributed by atoms with E-state index in [9.17, 15) is 9.35 Å². The highest BCUT2D eigenvalue weighted by Gasteiger charge is 2.01. The number of hydrogen-bond acceptors (Lipinski definition) is 3.